The molecule has 6 nitrogen and oxygen atoms in total. The van der Waals surface area contributed by atoms with Crippen LogP contribution in [0.4, 0.5) is 0 Å². The van der Waals surface area contributed by atoms with Gasteiger partial charge in [-0.2, -0.15) is 0 Å². The van der Waals surface area contributed by atoms with Gasteiger partial charge < -0.3 is 19.9 Å². The summed E-state index contributed by atoms with van der Waals surface area (Å²) in [5, 5.41) is 14.4. The molecule has 6 heteroatoms. The first kappa shape index (κ1) is 20.9. The fourth-order valence-corrected chi connectivity index (χ4v) is 4.91. The van der Waals surface area contributed by atoms with Crippen LogP contribution >= 0.6 is 0 Å². The first-order chi connectivity index (χ1) is 13.5. The van der Waals surface area contributed by atoms with E-state index in [1.165, 1.54) is 0 Å². The van der Waals surface area contributed by atoms with E-state index >= 15 is 0 Å². The van der Waals surface area contributed by atoms with Crippen LogP contribution in [0.5, 0.6) is 11.5 Å². The highest BCUT2D eigenvalue weighted by molar-refractivity contribution is 5.78. The molecule has 3 atom stereocenters. The van der Waals surface area contributed by atoms with Gasteiger partial charge in [-0.05, 0) is 43.9 Å². The van der Waals surface area contributed by atoms with Crippen molar-refractivity contribution in [1.82, 2.24) is 10.2 Å². The molecule has 1 aromatic carbocycles. The predicted molar refractivity (Wildman–Crippen MR) is 109 cm³/mol. The van der Waals surface area contributed by atoms with E-state index in [0.717, 1.165) is 49.2 Å². The van der Waals surface area contributed by atoms with Crippen LogP contribution in [0.3, 0.4) is 0 Å². The van der Waals surface area contributed by atoms with Gasteiger partial charge in [0.2, 0.25) is 5.91 Å². The second-order valence-electron chi connectivity index (χ2n) is 8.08. The molecule has 2 aliphatic rings. The summed E-state index contributed by atoms with van der Waals surface area (Å²) in [6.07, 6.45) is 5.57. The molecular formula is C22H34N2O4. The molecule has 0 radical (unpaired) electrons. The van der Waals surface area contributed by atoms with Crippen molar-refractivity contribution >= 4 is 5.91 Å². The van der Waals surface area contributed by atoms with Gasteiger partial charge in [-0.3, -0.25) is 9.69 Å². The minimum Gasteiger partial charge on any atom is -0.497 e. The number of ether oxygens (including phenoxy) is 2. The summed E-state index contributed by atoms with van der Waals surface area (Å²) in [6.45, 7) is 3.76. The van der Waals surface area contributed by atoms with Crippen LogP contribution < -0.4 is 14.8 Å². The van der Waals surface area contributed by atoms with Crippen molar-refractivity contribution in [3.8, 4) is 11.5 Å². The van der Waals surface area contributed by atoms with Gasteiger partial charge in [-0.25, -0.2) is 0 Å². The Morgan fingerprint density at radius 3 is 2.82 bits per heavy atom. The minimum atomic E-state index is -0.673. The summed E-state index contributed by atoms with van der Waals surface area (Å²) in [7, 11) is 3.32. The molecule has 0 aromatic heterocycles. The van der Waals surface area contributed by atoms with Gasteiger partial charge in [0.15, 0.2) is 0 Å². The molecule has 156 valence electrons. The fraction of sp³-hybridized carbons (Fsp3) is 0.682. The molecule has 2 N–H and O–H groups in total. The predicted octanol–water partition coefficient (Wildman–Crippen LogP) is 2.90. The molecule has 1 saturated carbocycles. The molecule has 0 spiro atoms. The molecule has 0 unspecified atom stereocenters. The van der Waals surface area contributed by atoms with E-state index in [-0.39, 0.29) is 17.9 Å². The van der Waals surface area contributed by atoms with E-state index < -0.39 is 5.60 Å². The highest BCUT2D eigenvalue weighted by Gasteiger charge is 2.49. The Kier molecular flexibility index (Phi) is 6.83. The summed E-state index contributed by atoms with van der Waals surface area (Å²) in [6, 6.07) is 5.73. The van der Waals surface area contributed by atoms with Crippen molar-refractivity contribution in [1.29, 1.82) is 0 Å². The largest absolute Gasteiger partial charge is 0.497 e. The number of nitrogens with zero attached hydrogens (tertiary/aromatic N) is 1. The van der Waals surface area contributed by atoms with E-state index in [9.17, 15) is 9.90 Å². The van der Waals surface area contributed by atoms with Crippen LogP contribution in [0.2, 0.25) is 0 Å². The number of carbonyl (C=O) groups excluding carboxylic acids is 1. The van der Waals surface area contributed by atoms with Crippen LogP contribution in [0.25, 0.3) is 0 Å². The molecule has 1 aromatic rings. The monoisotopic (exact) mass is 390 g/mol. The van der Waals surface area contributed by atoms with Crippen molar-refractivity contribution in [2.75, 3.05) is 33.9 Å². The minimum absolute atomic E-state index is 0.0370. The third kappa shape index (κ3) is 4.28. The smallest absolute Gasteiger partial charge is 0.234 e. The molecule has 0 bridgehead atoms. The van der Waals surface area contributed by atoms with Gasteiger partial charge in [0.1, 0.15) is 11.5 Å². The summed E-state index contributed by atoms with van der Waals surface area (Å²) in [5.41, 5.74) is 0.322. The summed E-state index contributed by atoms with van der Waals surface area (Å²) in [4.78, 5) is 14.7. The van der Waals surface area contributed by atoms with Gasteiger partial charge >= 0.3 is 0 Å². The highest BCUT2D eigenvalue weighted by Crippen LogP contribution is 2.51. The highest BCUT2D eigenvalue weighted by atomic mass is 16.5. The Labute approximate surface area is 168 Å². The van der Waals surface area contributed by atoms with E-state index in [2.05, 4.69) is 10.2 Å². The quantitative estimate of drug-likeness (QED) is 0.749. The number of likely N-dealkylation sites (tertiary alicyclic amines) is 1. The summed E-state index contributed by atoms with van der Waals surface area (Å²) < 4.78 is 11.1. The van der Waals surface area contributed by atoms with E-state index in [1.807, 2.05) is 25.1 Å². The Morgan fingerprint density at radius 2 is 2.11 bits per heavy atom. The van der Waals surface area contributed by atoms with Gasteiger partial charge in [0.25, 0.3) is 0 Å². The topological polar surface area (TPSA) is 71.0 Å². The number of nitrogens with one attached hydrogen (secondary N) is 1. The Balaban J connectivity index is 1.97. The Morgan fingerprint density at radius 1 is 1.29 bits per heavy atom. The van der Waals surface area contributed by atoms with Crippen LogP contribution in [0.15, 0.2) is 18.2 Å². The average Bonchev–Trinajstić information content (AvgIpc) is 2.71. The number of hydrogen-bond donors (Lipinski definition) is 2. The van der Waals surface area contributed by atoms with Crippen LogP contribution in [-0.4, -0.2) is 55.4 Å². The Bertz CT molecular complexity index is 681. The number of aliphatic hydroxyl groups is 1. The second-order valence-corrected chi connectivity index (χ2v) is 8.08. The lowest BCUT2D eigenvalue weighted by Crippen LogP contribution is -2.56. The number of hydrogen-bond acceptors (Lipinski definition) is 5. The Hall–Kier alpha value is -1.79. The standard InChI is InChI=1S/C22H34N2O4/c1-4-12-23-20(25)15-24-13-11-22(26)10-6-5-7-18(22)21(24)17-14-16(27-2)8-9-19(17)28-3/h8-9,14,18,21,26H,4-7,10-13,15H2,1-3H3,(H,23,25)/t18-,21-,22-/m0/s1. The second kappa shape index (κ2) is 9.14. The van der Waals surface area contributed by atoms with Crippen LogP contribution in [0.1, 0.15) is 57.1 Å². The van der Waals surface area contributed by atoms with Gasteiger partial charge in [-0.1, -0.05) is 19.8 Å². The van der Waals surface area contributed by atoms with Crippen molar-refractivity contribution in [3.63, 3.8) is 0 Å². The van der Waals surface area contributed by atoms with E-state index in [0.29, 0.717) is 26.1 Å². The number of rotatable bonds is 7. The maximum Gasteiger partial charge on any atom is 0.234 e. The normalized spacial score (nSPS) is 27.7. The number of piperidine rings is 1. The van der Waals surface area contributed by atoms with Crippen LogP contribution in [-0.2, 0) is 4.79 Å². The van der Waals surface area contributed by atoms with Crippen molar-refractivity contribution in [3.05, 3.63) is 23.8 Å². The number of benzene rings is 1. The van der Waals surface area contributed by atoms with Crippen molar-refractivity contribution < 1.29 is 19.4 Å². The van der Waals surface area contributed by atoms with E-state index in [4.69, 9.17) is 9.47 Å². The molecule has 1 amide bonds. The number of fused-ring (bicyclic) bond motifs is 1. The van der Waals surface area contributed by atoms with Crippen molar-refractivity contribution in [2.45, 2.75) is 57.1 Å². The first-order valence-electron chi connectivity index (χ1n) is 10.5. The lowest BCUT2D eigenvalue weighted by atomic mass is 9.66. The number of amides is 1. The molecule has 1 aliphatic carbocycles. The average molecular weight is 391 g/mol. The first-order valence-corrected chi connectivity index (χ1v) is 10.5. The third-order valence-electron chi connectivity index (χ3n) is 6.35. The molecule has 1 saturated heterocycles. The summed E-state index contributed by atoms with van der Waals surface area (Å²) >= 11 is 0. The number of methoxy groups -OCH3 is 2. The molecular weight excluding hydrogens is 356 g/mol. The SMILES string of the molecule is CCCNC(=O)CN1CC[C@@]2(O)CCCC[C@H]2[C@@H]1c1cc(OC)ccc1OC. The molecule has 1 aliphatic heterocycles. The fourth-order valence-electron chi connectivity index (χ4n) is 4.91. The molecule has 28 heavy (non-hydrogen) atoms. The van der Waals surface area contributed by atoms with E-state index in [1.54, 1.807) is 14.2 Å². The maximum atomic E-state index is 12.5. The zero-order valence-corrected chi connectivity index (χ0v) is 17.4. The van der Waals surface area contributed by atoms with Gasteiger partial charge in [-0.15, -0.1) is 0 Å². The van der Waals surface area contributed by atoms with Crippen molar-refractivity contribution in [2.24, 2.45) is 5.92 Å². The lowest BCUT2D eigenvalue weighted by molar-refractivity contribution is -0.138. The summed E-state index contributed by atoms with van der Waals surface area (Å²) in [5.74, 6) is 1.65. The third-order valence-corrected chi connectivity index (χ3v) is 6.35. The molecule has 2 fully saturated rings. The molecule has 1 heterocycles. The number of carbonyl (C=O) groups is 1. The maximum absolute atomic E-state index is 12.5. The zero-order valence-electron chi connectivity index (χ0n) is 17.4. The van der Waals surface area contributed by atoms with Gasteiger partial charge in [0.05, 0.1) is 26.4 Å². The van der Waals surface area contributed by atoms with Gasteiger partial charge in [0, 0.05) is 30.6 Å². The zero-order chi connectivity index (χ0) is 20.1. The lowest BCUT2D eigenvalue weighted by Gasteiger charge is -2.52. The van der Waals surface area contributed by atoms with Crippen LogP contribution in [0, 0.1) is 5.92 Å². The molecule has 3 rings (SSSR count).